The van der Waals surface area contributed by atoms with Crippen molar-refractivity contribution in [3.63, 3.8) is 0 Å². The highest BCUT2D eigenvalue weighted by atomic mass is 32.2. The summed E-state index contributed by atoms with van der Waals surface area (Å²) in [5.74, 6) is 1.66. The van der Waals surface area contributed by atoms with Crippen molar-refractivity contribution in [1.82, 2.24) is 14.5 Å². The van der Waals surface area contributed by atoms with Crippen LogP contribution in [-0.4, -0.2) is 29.4 Å². The maximum atomic E-state index is 11.9. The van der Waals surface area contributed by atoms with E-state index in [4.69, 9.17) is 10.1 Å². The van der Waals surface area contributed by atoms with Gasteiger partial charge in [-0.25, -0.2) is 18.5 Å². The molecule has 1 atom stereocenters. The lowest BCUT2D eigenvalue weighted by atomic mass is 9.88. The Morgan fingerprint density at radius 3 is 2.12 bits per heavy atom. The normalized spacial score (nSPS) is 15.2. The van der Waals surface area contributed by atoms with E-state index in [-0.39, 0.29) is 10.9 Å². The first kappa shape index (κ1) is 30.2. The number of primary sulfonamides is 1. The van der Waals surface area contributed by atoms with E-state index >= 15 is 0 Å². The first-order chi connectivity index (χ1) is 20.3. The zero-order chi connectivity index (χ0) is 29.5. The zero-order valence-corrected chi connectivity index (χ0v) is 25.8. The highest BCUT2D eigenvalue weighted by molar-refractivity contribution is 7.89. The molecule has 6 nitrogen and oxygen atoms in total. The Kier molecular flexibility index (Phi) is 9.93. The third-order valence-corrected chi connectivity index (χ3v) is 9.55. The maximum absolute atomic E-state index is 11.9. The second-order valence-corrected chi connectivity index (χ2v) is 13.3. The Labute approximate surface area is 251 Å². The fraction of sp³-hybridized carbons (Fsp3) is 0.400. The molecular formula is C35H44N4O2S. The number of nitrogens with zero attached hydrogens (tertiary/aromatic N) is 3. The highest BCUT2D eigenvalue weighted by Crippen LogP contribution is 2.37. The van der Waals surface area contributed by atoms with Gasteiger partial charge in [0.2, 0.25) is 10.0 Å². The molecule has 0 unspecified atom stereocenters. The molecule has 1 heterocycles. The topological polar surface area (TPSA) is 81.2 Å². The summed E-state index contributed by atoms with van der Waals surface area (Å²) >= 11 is 0. The molecule has 1 fully saturated rings. The van der Waals surface area contributed by atoms with Crippen LogP contribution < -0.4 is 5.14 Å². The molecule has 0 radical (unpaired) electrons. The lowest BCUT2D eigenvalue weighted by Gasteiger charge is -2.35. The predicted molar refractivity (Wildman–Crippen MR) is 171 cm³/mol. The Bertz CT molecular complexity index is 1530. The smallest absolute Gasteiger partial charge is 0.238 e. The van der Waals surface area contributed by atoms with Crippen LogP contribution in [0.25, 0.3) is 22.6 Å². The van der Waals surface area contributed by atoms with E-state index in [0.717, 1.165) is 60.7 Å². The predicted octanol–water partition coefficient (Wildman–Crippen LogP) is 7.81. The minimum atomic E-state index is -3.73. The SMILES string of the molecule is CCCCn1c(-c2ccccc2)nc(-c2ccccc2)c1[C@@H](C)N(Cc1ccc(S(N)(=O)=O)cc1)CC1CCCCC1. The van der Waals surface area contributed by atoms with Gasteiger partial charge in [-0.1, -0.05) is 105 Å². The van der Waals surface area contributed by atoms with Gasteiger partial charge in [-0.15, -0.1) is 0 Å². The molecule has 2 N–H and O–H groups in total. The molecule has 4 aromatic rings. The second kappa shape index (κ2) is 13.8. The lowest BCUT2D eigenvalue weighted by Crippen LogP contribution is -2.34. The van der Waals surface area contributed by atoms with E-state index in [0.29, 0.717) is 5.92 Å². The number of rotatable bonds is 12. The van der Waals surface area contributed by atoms with E-state index in [1.54, 1.807) is 12.1 Å². The minimum Gasteiger partial charge on any atom is -0.326 e. The molecule has 1 aliphatic carbocycles. The number of unbranched alkanes of at least 4 members (excludes halogenated alkanes) is 1. The van der Waals surface area contributed by atoms with E-state index < -0.39 is 10.0 Å². The average Bonchev–Trinajstić information content (AvgIpc) is 3.40. The van der Waals surface area contributed by atoms with Gasteiger partial charge >= 0.3 is 0 Å². The molecule has 0 spiro atoms. The largest absolute Gasteiger partial charge is 0.326 e. The summed E-state index contributed by atoms with van der Waals surface area (Å²) in [5, 5.41) is 5.39. The lowest BCUT2D eigenvalue weighted by molar-refractivity contribution is 0.145. The fourth-order valence-electron chi connectivity index (χ4n) is 6.30. The van der Waals surface area contributed by atoms with Crippen molar-refractivity contribution in [3.05, 3.63) is 96.2 Å². The van der Waals surface area contributed by atoms with Crippen molar-refractivity contribution in [2.75, 3.05) is 6.54 Å². The van der Waals surface area contributed by atoms with E-state index in [1.807, 2.05) is 12.1 Å². The summed E-state index contributed by atoms with van der Waals surface area (Å²) in [6.45, 7) is 7.17. The average molecular weight is 585 g/mol. The van der Waals surface area contributed by atoms with Crippen LogP contribution in [0.5, 0.6) is 0 Å². The van der Waals surface area contributed by atoms with Gasteiger partial charge in [-0.2, -0.15) is 0 Å². The number of sulfonamides is 1. The van der Waals surface area contributed by atoms with Gasteiger partial charge in [0.1, 0.15) is 5.82 Å². The number of benzene rings is 3. The first-order valence-electron chi connectivity index (χ1n) is 15.4. The molecule has 42 heavy (non-hydrogen) atoms. The van der Waals surface area contributed by atoms with Gasteiger partial charge in [0.25, 0.3) is 0 Å². The molecule has 0 aliphatic heterocycles. The van der Waals surface area contributed by atoms with Gasteiger partial charge < -0.3 is 4.57 Å². The monoisotopic (exact) mass is 584 g/mol. The van der Waals surface area contributed by atoms with Crippen molar-refractivity contribution in [3.8, 4) is 22.6 Å². The van der Waals surface area contributed by atoms with Crippen LogP contribution >= 0.6 is 0 Å². The van der Waals surface area contributed by atoms with Crippen LogP contribution in [0.3, 0.4) is 0 Å². The fourth-order valence-corrected chi connectivity index (χ4v) is 6.82. The molecule has 1 saturated carbocycles. The summed E-state index contributed by atoms with van der Waals surface area (Å²) in [6.07, 6.45) is 8.58. The van der Waals surface area contributed by atoms with Crippen molar-refractivity contribution in [2.24, 2.45) is 11.1 Å². The van der Waals surface area contributed by atoms with Crippen LogP contribution in [-0.2, 0) is 23.1 Å². The standard InChI is InChI=1S/C35H44N4O2S/c1-3-4-24-39-34(33(30-16-10-6-11-17-30)37-35(39)31-18-12-7-13-19-31)27(2)38(25-28-14-8-5-9-15-28)26-29-20-22-32(23-21-29)42(36,40)41/h6-7,10-13,16-23,27-28H,3-5,8-9,14-15,24-26H2,1-2H3,(H2,36,40,41)/t27-/m1/s1. The summed E-state index contributed by atoms with van der Waals surface area (Å²) in [5.41, 5.74) is 5.61. The molecule has 0 bridgehead atoms. The van der Waals surface area contributed by atoms with Crippen molar-refractivity contribution >= 4 is 10.0 Å². The Hall–Kier alpha value is -3.26. The summed E-state index contributed by atoms with van der Waals surface area (Å²) in [7, 11) is -3.73. The number of nitrogens with two attached hydrogens (primary N) is 1. The van der Waals surface area contributed by atoms with Gasteiger partial charge in [0, 0.05) is 36.8 Å². The Morgan fingerprint density at radius 2 is 1.52 bits per heavy atom. The van der Waals surface area contributed by atoms with Gasteiger partial charge in [-0.05, 0) is 49.8 Å². The summed E-state index contributed by atoms with van der Waals surface area (Å²) in [6, 6.07) is 28.2. The number of aromatic nitrogens is 2. The number of hydrogen-bond acceptors (Lipinski definition) is 4. The van der Waals surface area contributed by atoms with E-state index in [9.17, 15) is 8.42 Å². The molecular weight excluding hydrogens is 540 g/mol. The third-order valence-electron chi connectivity index (χ3n) is 8.62. The number of hydrogen-bond donors (Lipinski definition) is 1. The maximum Gasteiger partial charge on any atom is 0.238 e. The van der Waals surface area contributed by atoms with Crippen molar-refractivity contribution in [1.29, 1.82) is 0 Å². The third kappa shape index (κ3) is 7.20. The summed E-state index contributed by atoms with van der Waals surface area (Å²) in [4.78, 5) is 8.09. The molecule has 3 aromatic carbocycles. The van der Waals surface area contributed by atoms with Crippen LogP contribution in [0.15, 0.2) is 89.8 Å². The minimum absolute atomic E-state index is 0.0851. The van der Waals surface area contributed by atoms with Crippen molar-refractivity contribution < 1.29 is 8.42 Å². The first-order valence-corrected chi connectivity index (χ1v) is 17.0. The van der Waals surface area contributed by atoms with Crippen LogP contribution in [0.1, 0.15) is 76.1 Å². The second-order valence-electron chi connectivity index (χ2n) is 11.7. The molecule has 7 heteroatoms. The highest BCUT2D eigenvalue weighted by Gasteiger charge is 2.29. The van der Waals surface area contributed by atoms with Crippen LogP contribution in [0, 0.1) is 5.92 Å². The van der Waals surface area contributed by atoms with E-state index in [1.165, 1.54) is 37.8 Å². The zero-order valence-electron chi connectivity index (χ0n) is 25.0. The summed E-state index contributed by atoms with van der Waals surface area (Å²) < 4.78 is 26.3. The Morgan fingerprint density at radius 1 is 0.905 bits per heavy atom. The van der Waals surface area contributed by atoms with Gasteiger partial charge in [0.05, 0.1) is 16.3 Å². The Balaban J connectivity index is 1.60. The van der Waals surface area contributed by atoms with Crippen LogP contribution in [0.4, 0.5) is 0 Å². The van der Waals surface area contributed by atoms with Crippen LogP contribution in [0.2, 0.25) is 0 Å². The van der Waals surface area contributed by atoms with Gasteiger partial charge in [0.15, 0.2) is 0 Å². The van der Waals surface area contributed by atoms with Crippen molar-refractivity contribution in [2.45, 2.75) is 82.8 Å². The molecule has 0 amide bonds. The molecule has 1 aromatic heterocycles. The molecule has 5 rings (SSSR count). The quantitative estimate of drug-likeness (QED) is 0.184. The molecule has 222 valence electrons. The molecule has 0 saturated heterocycles. The van der Waals surface area contributed by atoms with E-state index in [2.05, 4.69) is 84.0 Å². The molecule has 1 aliphatic rings. The number of imidazole rings is 1. The van der Waals surface area contributed by atoms with Gasteiger partial charge in [-0.3, -0.25) is 4.90 Å².